The van der Waals surface area contributed by atoms with E-state index in [9.17, 15) is 0 Å². The molecule has 1 aromatic rings. The zero-order chi connectivity index (χ0) is 12.3. The van der Waals surface area contributed by atoms with Crippen LogP contribution in [0.25, 0.3) is 0 Å². The minimum absolute atomic E-state index is 0.413. The zero-order valence-corrected chi connectivity index (χ0v) is 10.9. The van der Waals surface area contributed by atoms with Crippen molar-refractivity contribution in [3.8, 4) is 0 Å². The largest absolute Gasteiger partial charge is 0.354 e. The second-order valence-corrected chi connectivity index (χ2v) is 5.05. The maximum Gasteiger partial charge on any atom is 0.128 e. The van der Waals surface area contributed by atoms with Gasteiger partial charge in [0.25, 0.3) is 0 Å². The van der Waals surface area contributed by atoms with Crippen LogP contribution < -0.4 is 10.6 Å². The van der Waals surface area contributed by atoms with Crippen LogP contribution in [-0.4, -0.2) is 23.6 Å². The Bertz CT molecular complexity index is 339. The van der Waals surface area contributed by atoms with E-state index < -0.39 is 0 Å². The Morgan fingerprint density at radius 3 is 2.53 bits per heavy atom. The fourth-order valence-corrected chi connectivity index (χ4v) is 2.65. The second kappa shape index (κ2) is 5.50. The molecule has 0 bridgehead atoms. The molecule has 2 N–H and O–H groups in total. The predicted molar refractivity (Wildman–Crippen MR) is 72.2 cm³/mol. The van der Waals surface area contributed by atoms with Crippen molar-refractivity contribution in [2.24, 2.45) is 5.73 Å². The molecule has 2 rings (SSSR count). The topological polar surface area (TPSA) is 42.2 Å². The van der Waals surface area contributed by atoms with E-state index >= 15 is 0 Å². The predicted octanol–water partition coefficient (Wildman–Crippen LogP) is 2.49. The summed E-state index contributed by atoms with van der Waals surface area (Å²) >= 11 is 0. The van der Waals surface area contributed by atoms with Crippen molar-refractivity contribution in [2.75, 3.05) is 11.4 Å². The number of rotatable bonds is 3. The van der Waals surface area contributed by atoms with Crippen LogP contribution in [-0.2, 0) is 0 Å². The van der Waals surface area contributed by atoms with E-state index in [1.165, 1.54) is 18.4 Å². The zero-order valence-electron chi connectivity index (χ0n) is 10.9. The molecule has 0 unspecified atom stereocenters. The third-order valence-electron chi connectivity index (χ3n) is 3.71. The third kappa shape index (κ3) is 2.97. The van der Waals surface area contributed by atoms with Crippen molar-refractivity contribution in [2.45, 2.75) is 51.6 Å². The third-order valence-corrected chi connectivity index (χ3v) is 3.71. The van der Waals surface area contributed by atoms with Gasteiger partial charge in [-0.3, -0.25) is 0 Å². The fraction of sp³-hybridized carbons (Fsp3) is 0.643. The molecule has 0 spiro atoms. The van der Waals surface area contributed by atoms with E-state index in [1.807, 2.05) is 6.20 Å². The van der Waals surface area contributed by atoms with Crippen molar-refractivity contribution in [3.63, 3.8) is 0 Å². The summed E-state index contributed by atoms with van der Waals surface area (Å²) < 4.78 is 0. The van der Waals surface area contributed by atoms with Crippen LogP contribution >= 0.6 is 0 Å². The Labute approximate surface area is 104 Å². The van der Waals surface area contributed by atoms with Gasteiger partial charge in [-0.15, -0.1) is 0 Å². The van der Waals surface area contributed by atoms with Gasteiger partial charge in [-0.25, -0.2) is 4.98 Å². The first-order chi connectivity index (χ1) is 8.20. The lowest BCUT2D eigenvalue weighted by Gasteiger charge is -2.36. The minimum Gasteiger partial charge on any atom is -0.354 e. The SMILES string of the molecule is CCN(c1ccc(C)cn1)C1CCC(N)CC1. The first-order valence-corrected chi connectivity index (χ1v) is 6.65. The Morgan fingerprint density at radius 1 is 1.29 bits per heavy atom. The quantitative estimate of drug-likeness (QED) is 0.872. The Kier molecular flexibility index (Phi) is 4.00. The summed E-state index contributed by atoms with van der Waals surface area (Å²) in [6.45, 7) is 5.30. The molecule has 1 aromatic heterocycles. The van der Waals surface area contributed by atoms with Gasteiger partial charge in [-0.1, -0.05) is 6.07 Å². The van der Waals surface area contributed by atoms with Crippen molar-refractivity contribution in [1.29, 1.82) is 0 Å². The average molecular weight is 233 g/mol. The maximum atomic E-state index is 5.96. The van der Waals surface area contributed by atoms with Gasteiger partial charge in [0.2, 0.25) is 0 Å². The lowest BCUT2D eigenvalue weighted by atomic mass is 9.90. The van der Waals surface area contributed by atoms with E-state index in [-0.39, 0.29) is 0 Å². The van der Waals surface area contributed by atoms with Gasteiger partial charge in [0.15, 0.2) is 0 Å². The molecule has 0 radical (unpaired) electrons. The second-order valence-electron chi connectivity index (χ2n) is 5.05. The summed E-state index contributed by atoms with van der Waals surface area (Å²) in [6, 6.07) is 5.30. The van der Waals surface area contributed by atoms with Crippen molar-refractivity contribution in [3.05, 3.63) is 23.9 Å². The number of aryl methyl sites for hydroxylation is 1. The molecule has 0 amide bonds. The molecule has 0 atom stereocenters. The highest BCUT2D eigenvalue weighted by Gasteiger charge is 2.23. The Balaban J connectivity index is 2.08. The van der Waals surface area contributed by atoms with E-state index in [2.05, 4.69) is 35.9 Å². The lowest BCUT2D eigenvalue weighted by Crippen LogP contribution is -2.41. The number of hydrogen-bond donors (Lipinski definition) is 1. The summed E-state index contributed by atoms with van der Waals surface area (Å²) in [5.74, 6) is 1.11. The standard InChI is InChI=1S/C14H23N3/c1-3-17(13-7-5-12(15)6-8-13)14-9-4-11(2)10-16-14/h4,9-10,12-13H,3,5-8,15H2,1-2H3. The van der Waals surface area contributed by atoms with Gasteiger partial charge in [0.05, 0.1) is 0 Å². The normalized spacial score (nSPS) is 24.6. The number of pyridine rings is 1. The maximum absolute atomic E-state index is 5.96. The summed E-state index contributed by atoms with van der Waals surface area (Å²) in [4.78, 5) is 6.96. The lowest BCUT2D eigenvalue weighted by molar-refractivity contribution is 0.377. The molecule has 0 aromatic carbocycles. The van der Waals surface area contributed by atoms with E-state index in [0.29, 0.717) is 12.1 Å². The van der Waals surface area contributed by atoms with Gasteiger partial charge in [-0.05, 0) is 51.2 Å². The Morgan fingerprint density at radius 2 is 2.00 bits per heavy atom. The van der Waals surface area contributed by atoms with Gasteiger partial charge in [-0.2, -0.15) is 0 Å². The highest BCUT2D eigenvalue weighted by molar-refractivity contribution is 5.40. The number of anilines is 1. The minimum atomic E-state index is 0.413. The molecule has 1 saturated carbocycles. The van der Waals surface area contributed by atoms with Crippen LogP contribution in [0.3, 0.4) is 0 Å². The number of hydrogen-bond acceptors (Lipinski definition) is 3. The number of aromatic nitrogens is 1. The van der Waals surface area contributed by atoms with Crippen LogP contribution in [0.15, 0.2) is 18.3 Å². The van der Waals surface area contributed by atoms with Crippen LogP contribution in [0.1, 0.15) is 38.2 Å². The molecule has 1 aliphatic rings. The molecule has 3 nitrogen and oxygen atoms in total. The molecular weight excluding hydrogens is 210 g/mol. The van der Waals surface area contributed by atoms with Gasteiger partial charge in [0, 0.05) is 24.8 Å². The summed E-state index contributed by atoms with van der Waals surface area (Å²) in [5, 5.41) is 0. The van der Waals surface area contributed by atoms with Gasteiger partial charge < -0.3 is 10.6 Å². The van der Waals surface area contributed by atoms with Gasteiger partial charge >= 0.3 is 0 Å². The highest BCUT2D eigenvalue weighted by atomic mass is 15.2. The van der Waals surface area contributed by atoms with E-state index in [1.54, 1.807) is 0 Å². The summed E-state index contributed by atoms with van der Waals surface area (Å²) in [5.41, 5.74) is 7.18. The van der Waals surface area contributed by atoms with Gasteiger partial charge in [0.1, 0.15) is 5.82 Å². The van der Waals surface area contributed by atoms with E-state index in [4.69, 9.17) is 5.73 Å². The molecule has 1 fully saturated rings. The molecule has 17 heavy (non-hydrogen) atoms. The van der Waals surface area contributed by atoms with Crippen LogP contribution in [0.5, 0.6) is 0 Å². The Hall–Kier alpha value is -1.09. The van der Waals surface area contributed by atoms with Crippen molar-refractivity contribution >= 4 is 5.82 Å². The highest BCUT2D eigenvalue weighted by Crippen LogP contribution is 2.25. The molecular formula is C14H23N3. The molecule has 94 valence electrons. The first kappa shape index (κ1) is 12.4. The van der Waals surface area contributed by atoms with Crippen LogP contribution in [0, 0.1) is 6.92 Å². The number of nitrogens with two attached hydrogens (primary N) is 1. The molecule has 1 aliphatic carbocycles. The molecule has 0 saturated heterocycles. The van der Waals surface area contributed by atoms with Crippen molar-refractivity contribution < 1.29 is 0 Å². The molecule has 3 heteroatoms. The monoisotopic (exact) mass is 233 g/mol. The molecule has 0 aliphatic heterocycles. The average Bonchev–Trinajstić information content (AvgIpc) is 2.35. The number of nitrogens with zero attached hydrogens (tertiary/aromatic N) is 2. The fourth-order valence-electron chi connectivity index (χ4n) is 2.65. The summed E-state index contributed by atoms with van der Waals surface area (Å²) in [6.07, 6.45) is 6.64. The van der Waals surface area contributed by atoms with Crippen LogP contribution in [0.2, 0.25) is 0 Å². The summed E-state index contributed by atoms with van der Waals surface area (Å²) in [7, 11) is 0. The van der Waals surface area contributed by atoms with Crippen molar-refractivity contribution in [1.82, 2.24) is 4.98 Å². The first-order valence-electron chi connectivity index (χ1n) is 6.65. The molecule has 1 heterocycles. The van der Waals surface area contributed by atoms with Crippen LogP contribution in [0.4, 0.5) is 5.82 Å². The van der Waals surface area contributed by atoms with E-state index in [0.717, 1.165) is 25.2 Å². The smallest absolute Gasteiger partial charge is 0.128 e.